The molecule has 0 saturated heterocycles. The maximum Gasteiger partial charge on any atom is 0.0900 e. The molecule has 3 nitrogen and oxygen atoms in total. The Kier molecular flexibility index (Phi) is 4.67. The van der Waals surface area contributed by atoms with Crippen LogP contribution < -0.4 is 5.32 Å². The van der Waals surface area contributed by atoms with Crippen molar-refractivity contribution in [3.05, 3.63) is 47.4 Å². The first-order chi connectivity index (χ1) is 8.81. The number of halogens is 1. The average molecular weight is 262 g/mol. The van der Waals surface area contributed by atoms with E-state index in [0.717, 1.165) is 30.8 Å². The predicted octanol–water partition coefficient (Wildman–Crippen LogP) is 3.30. The predicted molar refractivity (Wildman–Crippen MR) is 74.5 cm³/mol. The first-order valence-electron chi connectivity index (χ1n) is 6.06. The monoisotopic (exact) mass is 261 g/mol. The molecule has 2 aromatic rings. The summed E-state index contributed by atoms with van der Waals surface area (Å²) in [6.45, 7) is 4.01. The van der Waals surface area contributed by atoms with Gasteiger partial charge in [-0.25, -0.2) is 0 Å². The molecule has 0 aliphatic carbocycles. The van der Waals surface area contributed by atoms with Crippen molar-refractivity contribution < 1.29 is 0 Å². The molecule has 0 fully saturated rings. The molecule has 1 aromatic carbocycles. The Hall–Kier alpha value is -1.45. The summed E-state index contributed by atoms with van der Waals surface area (Å²) in [6.07, 6.45) is 6.17. The fraction of sp³-hybridized carbons (Fsp3) is 0.286. The third-order valence-electron chi connectivity index (χ3n) is 2.63. The Morgan fingerprint density at radius 1 is 1.28 bits per heavy atom. The van der Waals surface area contributed by atoms with Crippen molar-refractivity contribution in [2.24, 2.45) is 0 Å². The van der Waals surface area contributed by atoms with Gasteiger partial charge in [-0.15, -0.1) is 0 Å². The lowest BCUT2D eigenvalue weighted by Crippen LogP contribution is -2.13. The fourth-order valence-corrected chi connectivity index (χ4v) is 2.02. The van der Waals surface area contributed by atoms with Gasteiger partial charge in [0.15, 0.2) is 0 Å². The standard InChI is InChI=1S/C14H16ClN3/c1-2-5-16-9-11-3-4-12(13(15)8-11)14-10-17-6-7-18-14/h3-4,6-8,10,16H,2,5,9H2,1H3. The zero-order valence-corrected chi connectivity index (χ0v) is 11.1. The molecule has 0 spiro atoms. The number of aromatic nitrogens is 2. The van der Waals surface area contributed by atoms with Crippen molar-refractivity contribution in [1.82, 2.24) is 15.3 Å². The van der Waals surface area contributed by atoms with E-state index in [2.05, 4.69) is 28.3 Å². The number of hydrogen-bond acceptors (Lipinski definition) is 3. The minimum Gasteiger partial charge on any atom is -0.313 e. The molecule has 0 radical (unpaired) electrons. The van der Waals surface area contributed by atoms with E-state index >= 15 is 0 Å². The van der Waals surface area contributed by atoms with Gasteiger partial charge in [-0.05, 0) is 24.6 Å². The van der Waals surface area contributed by atoms with E-state index in [1.54, 1.807) is 18.6 Å². The molecule has 0 aliphatic heterocycles. The van der Waals surface area contributed by atoms with Gasteiger partial charge < -0.3 is 5.32 Å². The van der Waals surface area contributed by atoms with Crippen molar-refractivity contribution >= 4 is 11.6 Å². The zero-order chi connectivity index (χ0) is 12.8. The Morgan fingerprint density at radius 2 is 2.17 bits per heavy atom. The molecular weight excluding hydrogens is 246 g/mol. The summed E-state index contributed by atoms with van der Waals surface area (Å²) in [7, 11) is 0. The van der Waals surface area contributed by atoms with Crippen molar-refractivity contribution in [3.63, 3.8) is 0 Å². The lowest BCUT2D eigenvalue weighted by molar-refractivity contribution is 0.675. The van der Waals surface area contributed by atoms with Gasteiger partial charge in [-0.1, -0.05) is 30.7 Å². The molecule has 0 unspecified atom stereocenters. The Balaban J connectivity index is 2.15. The number of nitrogens with one attached hydrogen (secondary N) is 1. The fourth-order valence-electron chi connectivity index (χ4n) is 1.72. The van der Waals surface area contributed by atoms with Crippen molar-refractivity contribution in [2.45, 2.75) is 19.9 Å². The van der Waals surface area contributed by atoms with Crippen molar-refractivity contribution in [1.29, 1.82) is 0 Å². The first kappa shape index (κ1) is 13.0. The second kappa shape index (κ2) is 6.47. The van der Waals surface area contributed by atoms with Gasteiger partial charge in [0.1, 0.15) is 0 Å². The van der Waals surface area contributed by atoms with Crippen LogP contribution in [0.4, 0.5) is 0 Å². The second-order valence-corrected chi connectivity index (χ2v) is 4.49. The van der Waals surface area contributed by atoms with Gasteiger partial charge in [0.05, 0.1) is 16.9 Å². The molecule has 1 aromatic heterocycles. The van der Waals surface area contributed by atoms with Gasteiger partial charge in [-0.3, -0.25) is 9.97 Å². The smallest absolute Gasteiger partial charge is 0.0900 e. The van der Waals surface area contributed by atoms with E-state index in [4.69, 9.17) is 11.6 Å². The average Bonchev–Trinajstić information content (AvgIpc) is 2.40. The van der Waals surface area contributed by atoms with Crippen molar-refractivity contribution in [2.75, 3.05) is 6.54 Å². The molecule has 1 N–H and O–H groups in total. The summed E-state index contributed by atoms with van der Waals surface area (Å²) in [5.74, 6) is 0. The van der Waals surface area contributed by atoms with Crippen LogP contribution in [-0.4, -0.2) is 16.5 Å². The highest BCUT2D eigenvalue weighted by Gasteiger charge is 2.05. The van der Waals surface area contributed by atoms with Crippen LogP contribution in [-0.2, 0) is 6.54 Å². The number of rotatable bonds is 5. The van der Waals surface area contributed by atoms with Crippen LogP contribution >= 0.6 is 11.6 Å². The maximum atomic E-state index is 6.28. The molecule has 94 valence electrons. The van der Waals surface area contributed by atoms with Gasteiger partial charge in [0.2, 0.25) is 0 Å². The van der Waals surface area contributed by atoms with Crippen LogP contribution in [0, 0.1) is 0 Å². The lowest BCUT2D eigenvalue weighted by Gasteiger charge is -2.07. The lowest BCUT2D eigenvalue weighted by atomic mass is 10.1. The molecule has 2 rings (SSSR count). The van der Waals surface area contributed by atoms with E-state index in [0.29, 0.717) is 5.02 Å². The summed E-state index contributed by atoms with van der Waals surface area (Å²) in [4.78, 5) is 8.30. The van der Waals surface area contributed by atoms with Crippen LogP contribution in [0.3, 0.4) is 0 Å². The van der Waals surface area contributed by atoms with Crippen LogP contribution in [0.15, 0.2) is 36.8 Å². The summed E-state index contributed by atoms with van der Waals surface area (Å²) in [6, 6.07) is 6.04. The summed E-state index contributed by atoms with van der Waals surface area (Å²) < 4.78 is 0. The quantitative estimate of drug-likeness (QED) is 0.840. The highest BCUT2D eigenvalue weighted by molar-refractivity contribution is 6.33. The molecule has 18 heavy (non-hydrogen) atoms. The van der Waals surface area contributed by atoms with Gasteiger partial charge in [0.25, 0.3) is 0 Å². The van der Waals surface area contributed by atoms with Gasteiger partial charge in [0, 0.05) is 24.5 Å². The number of benzene rings is 1. The molecule has 0 amide bonds. The van der Waals surface area contributed by atoms with Crippen LogP contribution in [0.2, 0.25) is 5.02 Å². The van der Waals surface area contributed by atoms with Gasteiger partial charge in [-0.2, -0.15) is 0 Å². The number of hydrogen-bond donors (Lipinski definition) is 1. The SMILES string of the molecule is CCCNCc1ccc(-c2cnccn2)c(Cl)c1. The Bertz CT molecular complexity index is 500. The van der Waals surface area contributed by atoms with E-state index in [1.165, 1.54) is 5.56 Å². The second-order valence-electron chi connectivity index (χ2n) is 4.08. The van der Waals surface area contributed by atoms with Crippen molar-refractivity contribution in [3.8, 4) is 11.3 Å². The largest absolute Gasteiger partial charge is 0.313 e. The van der Waals surface area contributed by atoms with Crippen LogP contribution in [0.25, 0.3) is 11.3 Å². The summed E-state index contributed by atoms with van der Waals surface area (Å²) >= 11 is 6.28. The number of nitrogens with zero attached hydrogens (tertiary/aromatic N) is 2. The molecule has 0 bridgehead atoms. The molecule has 4 heteroatoms. The topological polar surface area (TPSA) is 37.8 Å². The van der Waals surface area contributed by atoms with Gasteiger partial charge >= 0.3 is 0 Å². The van der Waals surface area contributed by atoms with E-state index < -0.39 is 0 Å². The molecule has 0 atom stereocenters. The highest BCUT2D eigenvalue weighted by atomic mass is 35.5. The Morgan fingerprint density at radius 3 is 2.83 bits per heavy atom. The third-order valence-corrected chi connectivity index (χ3v) is 2.94. The first-order valence-corrected chi connectivity index (χ1v) is 6.44. The third kappa shape index (κ3) is 3.28. The van der Waals surface area contributed by atoms with E-state index in [-0.39, 0.29) is 0 Å². The molecular formula is C14H16ClN3. The Labute approximate surface area is 112 Å². The van der Waals surface area contributed by atoms with E-state index in [9.17, 15) is 0 Å². The minimum atomic E-state index is 0.714. The van der Waals surface area contributed by atoms with Crippen LogP contribution in [0.5, 0.6) is 0 Å². The molecule has 1 heterocycles. The van der Waals surface area contributed by atoms with E-state index in [1.807, 2.05) is 12.1 Å². The van der Waals surface area contributed by atoms with Crippen LogP contribution in [0.1, 0.15) is 18.9 Å². The highest BCUT2D eigenvalue weighted by Crippen LogP contribution is 2.26. The summed E-state index contributed by atoms with van der Waals surface area (Å²) in [5, 5.41) is 4.07. The summed E-state index contributed by atoms with van der Waals surface area (Å²) in [5.41, 5.74) is 2.90. The molecule has 0 aliphatic rings. The maximum absolute atomic E-state index is 6.28. The molecule has 0 saturated carbocycles. The zero-order valence-electron chi connectivity index (χ0n) is 10.4. The normalized spacial score (nSPS) is 10.6. The minimum absolute atomic E-state index is 0.714.